The van der Waals surface area contributed by atoms with Crippen LogP contribution in [0.25, 0.3) is 0 Å². The van der Waals surface area contributed by atoms with Crippen LogP contribution in [-0.4, -0.2) is 23.0 Å². The first-order valence-corrected chi connectivity index (χ1v) is 6.23. The van der Waals surface area contributed by atoms with Crippen molar-refractivity contribution in [1.82, 2.24) is 5.32 Å². The number of hydrogen-bond acceptors (Lipinski definition) is 2. The molecular formula is C15H16FNO3. The topological polar surface area (TPSA) is 66.4 Å². The third-order valence-corrected chi connectivity index (χ3v) is 2.70. The number of carbonyl (C=O) groups is 2. The van der Waals surface area contributed by atoms with E-state index < -0.39 is 23.7 Å². The number of benzene rings is 1. The molecule has 2 N–H and O–H groups in total. The monoisotopic (exact) mass is 277 g/mol. The van der Waals surface area contributed by atoms with Gasteiger partial charge in [-0.25, -0.2) is 9.18 Å². The number of rotatable bonds is 7. The summed E-state index contributed by atoms with van der Waals surface area (Å²) in [5, 5.41) is 11.4. The average Bonchev–Trinajstić information content (AvgIpc) is 2.37. The van der Waals surface area contributed by atoms with Crippen LogP contribution in [0.2, 0.25) is 0 Å². The second-order valence-corrected chi connectivity index (χ2v) is 4.36. The Kier molecular flexibility index (Phi) is 6.24. The van der Waals surface area contributed by atoms with Crippen LogP contribution < -0.4 is 5.32 Å². The standard InChI is InChI=1S/C15H16FNO3/c1-2-3-4-8-13(15(19)20)17-14(18)10-11-6-5-7-12(16)9-11/h1,5-7,9,13H,3-4,8,10H2,(H,17,18)(H,19,20)/t13-/m0/s1. The molecule has 0 heterocycles. The summed E-state index contributed by atoms with van der Waals surface area (Å²) < 4.78 is 13.0. The quantitative estimate of drug-likeness (QED) is 0.589. The van der Waals surface area contributed by atoms with Crippen LogP contribution in [0.15, 0.2) is 24.3 Å². The van der Waals surface area contributed by atoms with Gasteiger partial charge >= 0.3 is 5.97 Å². The highest BCUT2D eigenvalue weighted by molar-refractivity contribution is 5.84. The molecule has 20 heavy (non-hydrogen) atoms. The highest BCUT2D eigenvalue weighted by Gasteiger charge is 2.19. The number of carboxylic acids is 1. The van der Waals surface area contributed by atoms with E-state index in [9.17, 15) is 14.0 Å². The van der Waals surface area contributed by atoms with E-state index in [-0.39, 0.29) is 12.8 Å². The Morgan fingerprint density at radius 2 is 2.20 bits per heavy atom. The summed E-state index contributed by atoms with van der Waals surface area (Å²) in [6, 6.07) is 4.66. The Labute approximate surface area is 117 Å². The largest absolute Gasteiger partial charge is 0.480 e. The van der Waals surface area contributed by atoms with Crippen LogP contribution in [0.1, 0.15) is 24.8 Å². The highest BCUT2D eigenvalue weighted by atomic mass is 19.1. The molecule has 106 valence electrons. The molecule has 1 amide bonds. The molecule has 1 atom stereocenters. The SMILES string of the molecule is C#CCCC[C@H](NC(=O)Cc1cccc(F)c1)C(=O)O. The molecule has 1 aromatic rings. The number of terminal acetylenes is 1. The Balaban J connectivity index is 2.53. The number of nitrogens with one attached hydrogen (secondary N) is 1. The second kappa shape index (κ2) is 7.95. The maximum absolute atomic E-state index is 13.0. The Morgan fingerprint density at radius 1 is 1.45 bits per heavy atom. The minimum absolute atomic E-state index is 0.0589. The van der Waals surface area contributed by atoms with Gasteiger partial charge in [-0.15, -0.1) is 12.3 Å². The normalized spacial score (nSPS) is 11.4. The summed E-state index contributed by atoms with van der Waals surface area (Å²) in [6.07, 6.45) is 6.28. The third-order valence-electron chi connectivity index (χ3n) is 2.70. The molecule has 4 nitrogen and oxygen atoms in total. The van der Waals surface area contributed by atoms with E-state index in [1.807, 2.05) is 0 Å². The van der Waals surface area contributed by atoms with Gasteiger partial charge in [-0.05, 0) is 30.5 Å². The Bertz CT molecular complexity index is 522. The van der Waals surface area contributed by atoms with Crippen LogP contribution >= 0.6 is 0 Å². The third kappa shape index (κ3) is 5.53. The number of carboxylic acid groups (broad SMARTS) is 1. The summed E-state index contributed by atoms with van der Waals surface area (Å²) in [5.41, 5.74) is 0.496. The van der Waals surface area contributed by atoms with Crippen molar-refractivity contribution < 1.29 is 19.1 Å². The van der Waals surface area contributed by atoms with Crippen molar-refractivity contribution in [1.29, 1.82) is 0 Å². The van der Waals surface area contributed by atoms with Crippen LogP contribution in [-0.2, 0) is 16.0 Å². The highest BCUT2D eigenvalue weighted by Crippen LogP contribution is 2.06. The molecule has 1 aromatic carbocycles. The van der Waals surface area contributed by atoms with Gasteiger partial charge in [0.2, 0.25) is 5.91 Å². The maximum atomic E-state index is 13.0. The van der Waals surface area contributed by atoms with Gasteiger partial charge in [0.05, 0.1) is 6.42 Å². The molecule has 0 radical (unpaired) electrons. The molecule has 0 saturated heterocycles. The minimum atomic E-state index is -1.10. The molecule has 0 saturated carbocycles. The molecule has 0 unspecified atom stereocenters. The van der Waals surface area contributed by atoms with E-state index in [2.05, 4.69) is 11.2 Å². The number of halogens is 1. The van der Waals surface area contributed by atoms with Crippen LogP contribution in [0.5, 0.6) is 0 Å². The van der Waals surface area contributed by atoms with Crippen LogP contribution in [0, 0.1) is 18.2 Å². The Morgan fingerprint density at radius 3 is 2.80 bits per heavy atom. The van der Waals surface area contributed by atoms with Crippen LogP contribution in [0.4, 0.5) is 4.39 Å². The fourth-order valence-corrected chi connectivity index (χ4v) is 1.74. The molecule has 0 fully saturated rings. The molecule has 0 aromatic heterocycles. The first kappa shape index (κ1) is 15.7. The zero-order valence-electron chi connectivity index (χ0n) is 10.9. The zero-order valence-corrected chi connectivity index (χ0v) is 10.9. The van der Waals surface area contributed by atoms with Gasteiger partial charge in [0.25, 0.3) is 0 Å². The summed E-state index contributed by atoms with van der Waals surface area (Å²) in [4.78, 5) is 22.7. The number of hydrogen-bond donors (Lipinski definition) is 2. The van der Waals surface area contributed by atoms with Crippen molar-refractivity contribution in [2.45, 2.75) is 31.7 Å². The number of carbonyl (C=O) groups excluding carboxylic acids is 1. The van der Waals surface area contributed by atoms with Gasteiger partial charge in [0, 0.05) is 6.42 Å². The van der Waals surface area contributed by atoms with Gasteiger partial charge in [0.1, 0.15) is 11.9 Å². The van der Waals surface area contributed by atoms with Gasteiger partial charge < -0.3 is 10.4 Å². The van der Waals surface area contributed by atoms with E-state index in [1.165, 1.54) is 18.2 Å². The van der Waals surface area contributed by atoms with Gasteiger partial charge in [0.15, 0.2) is 0 Å². The molecule has 0 aliphatic rings. The van der Waals surface area contributed by atoms with Crippen molar-refractivity contribution in [2.24, 2.45) is 0 Å². The van der Waals surface area contributed by atoms with Crippen LogP contribution in [0.3, 0.4) is 0 Å². The lowest BCUT2D eigenvalue weighted by Gasteiger charge is -2.13. The molecule has 0 aliphatic heterocycles. The smallest absolute Gasteiger partial charge is 0.326 e. The first-order chi connectivity index (χ1) is 9.52. The lowest BCUT2D eigenvalue weighted by molar-refractivity contribution is -0.141. The molecule has 0 spiro atoms. The van der Waals surface area contributed by atoms with Crippen molar-refractivity contribution in [2.75, 3.05) is 0 Å². The number of aliphatic carboxylic acids is 1. The van der Waals surface area contributed by atoms with Gasteiger partial charge in [-0.2, -0.15) is 0 Å². The molecule has 0 aliphatic carbocycles. The van der Waals surface area contributed by atoms with E-state index in [4.69, 9.17) is 11.5 Å². The van der Waals surface area contributed by atoms with Gasteiger partial charge in [-0.1, -0.05) is 12.1 Å². The van der Waals surface area contributed by atoms with Crippen molar-refractivity contribution >= 4 is 11.9 Å². The Hall–Kier alpha value is -2.35. The second-order valence-electron chi connectivity index (χ2n) is 4.36. The van der Waals surface area contributed by atoms with E-state index in [0.29, 0.717) is 18.4 Å². The summed E-state index contributed by atoms with van der Waals surface area (Å²) >= 11 is 0. The summed E-state index contributed by atoms with van der Waals surface area (Å²) in [6.45, 7) is 0. The van der Waals surface area contributed by atoms with E-state index in [1.54, 1.807) is 6.07 Å². The lowest BCUT2D eigenvalue weighted by atomic mass is 10.1. The van der Waals surface area contributed by atoms with E-state index >= 15 is 0 Å². The summed E-state index contributed by atoms with van der Waals surface area (Å²) in [7, 11) is 0. The predicted octanol–water partition coefficient (Wildman–Crippen LogP) is 1.74. The maximum Gasteiger partial charge on any atom is 0.326 e. The van der Waals surface area contributed by atoms with Gasteiger partial charge in [-0.3, -0.25) is 4.79 Å². The molecule has 1 rings (SSSR count). The fourth-order valence-electron chi connectivity index (χ4n) is 1.74. The van der Waals surface area contributed by atoms with E-state index in [0.717, 1.165) is 0 Å². The number of amides is 1. The minimum Gasteiger partial charge on any atom is -0.480 e. The average molecular weight is 277 g/mol. The van der Waals surface area contributed by atoms with Crippen molar-refractivity contribution in [3.8, 4) is 12.3 Å². The summed E-state index contributed by atoms with van der Waals surface area (Å²) in [5.74, 6) is 0.426. The lowest BCUT2D eigenvalue weighted by Crippen LogP contribution is -2.41. The molecule has 0 bridgehead atoms. The molecular weight excluding hydrogens is 261 g/mol. The number of unbranched alkanes of at least 4 members (excludes halogenated alkanes) is 1. The zero-order chi connectivity index (χ0) is 15.0. The molecule has 5 heteroatoms. The van der Waals surface area contributed by atoms with Crippen molar-refractivity contribution in [3.63, 3.8) is 0 Å². The first-order valence-electron chi connectivity index (χ1n) is 6.23. The predicted molar refractivity (Wildman–Crippen MR) is 72.4 cm³/mol. The van der Waals surface area contributed by atoms with Crippen molar-refractivity contribution in [3.05, 3.63) is 35.6 Å². The fraction of sp³-hybridized carbons (Fsp3) is 0.333.